The highest BCUT2D eigenvalue weighted by Gasteiger charge is 2.57. The fourth-order valence-corrected chi connectivity index (χ4v) is 4.19. The van der Waals surface area contributed by atoms with Gasteiger partial charge < -0.3 is 24.8 Å². The van der Waals surface area contributed by atoms with E-state index in [0.717, 1.165) is 11.8 Å². The lowest BCUT2D eigenvalue weighted by molar-refractivity contribution is -0.191. The van der Waals surface area contributed by atoms with Gasteiger partial charge in [0.1, 0.15) is 18.4 Å². The van der Waals surface area contributed by atoms with Gasteiger partial charge in [-0.15, -0.1) is 0 Å². The van der Waals surface area contributed by atoms with Crippen molar-refractivity contribution < 1.29 is 42.8 Å². The molecule has 2 aliphatic rings. The Morgan fingerprint density at radius 1 is 1.50 bits per heavy atom. The number of carbonyl (C=O) groups is 1. The highest BCUT2D eigenvalue weighted by atomic mass is 31.2. The van der Waals surface area contributed by atoms with Crippen molar-refractivity contribution in [1.82, 2.24) is 15.3 Å². The van der Waals surface area contributed by atoms with Gasteiger partial charge in [-0.1, -0.05) is 0 Å². The number of aliphatic hydroxyl groups excluding tert-OH is 2. The zero-order valence-corrected chi connectivity index (χ0v) is 16.8. The van der Waals surface area contributed by atoms with Gasteiger partial charge in [0.2, 0.25) is 0 Å². The average molecular weight is 425 g/mol. The molecule has 0 aromatic rings. The van der Waals surface area contributed by atoms with Gasteiger partial charge in [0.05, 0.1) is 6.61 Å². The number of hydrogen-bond acceptors (Lipinski definition) is 8. The van der Waals surface area contributed by atoms with Crippen molar-refractivity contribution in [2.24, 2.45) is 0 Å². The fourth-order valence-electron chi connectivity index (χ4n) is 2.75. The van der Waals surface area contributed by atoms with Gasteiger partial charge in [-0.2, -0.15) is 9.59 Å². The molecule has 13 heteroatoms. The zero-order chi connectivity index (χ0) is 21.7. The Kier molecular flexibility index (Phi) is 8.45. The molecule has 11 nitrogen and oxygen atoms in total. The third-order valence-electron chi connectivity index (χ3n) is 3.88. The quantitative estimate of drug-likeness (QED) is 0.428. The summed E-state index contributed by atoms with van der Waals surface area (Å²) in [4.78, 5) is 29.1. The molecule has 0 spiro atoms. The summed E-state index contributed by atoms with van der Waals surface area (Å²) in [5, 5.41) is 24.5. The smallest absolute Gasteiger partial charge is 0.373 e. The van der Waals surface area contributed by atoms with Crippen LogP contribution in [0.3, 0.4) is 0 Å². The molecule has 1 saturated heterocycles. The van der Waals surface area contributed by atoms with Crippen LogP contribution in [-0.2, 0) is 23.4 Å². The SMILES string of the molecule is CC(C)NP(C)(=O)OC[C@H]1O[C@@H](N2C=CC(O)NC2=O)[C@](C)(F)[C@@H]1O.O=C=O. The maximum Gasteiger partial charge on any atom is 0.373 e. The van der Waals surface area contributed by atoms with E-state index in [0.29, 0.717) is 0 Å². The summed E-state index contributed by atoms with van der Waals surface area (Å²) >= 11 is 0. The summed E-state index contributed by atoms with van der Waals surface area (Å²) < 4.78 is 38.0. The minimum absolute atomic E-state index is 0.0851. The summed E-state index contributed by atoms with van der Waals surface area (Å²) in [5.41, 5.74) is -2.29. The molecule has 2 rings (SSSR count). The number of ether oxygens (including phenoxy) is 1. The molecule has 2 aliphatic heterocycles. The molecule has 0 aliphatic carbocycles. The Morgan fingerprint density at radius 2 is 2.07 bits per heavy atom. The van der Waals surface area contributed by atoms with Crippen molar-refractivity contribution in [3.8, 4) is 0 Å². The number of nitrogens with one attached hydrogen (secondary N) is 2. The first-order chi connectivity index (χ1) is 12.9. The molecule has 2 amide bonds. The topological polar surface area (TPSA) is 154 Å². The summed E-state index contributed by atoms with van der Waals surface area (Å²) in [5.74, 6) is 0. The van der Waals surface area contributed by atoms with Crippen LogP contribution < -0.4 is 10.4 Å². The van der Waals surface area contributed by atoms with E-state index in [2.05, 4.69) is 10.4 Å². The Balaban J connectivity index is 0.00000122. The van der Waals surface area contributed by atoms with Gasteiger partial charge >= 0.3 is 12.2 Å². The lowest BCUT2D eigenvalue weighted by atomic mass is 9.98. The number of rotatable bonds is 6. The second kappa shape index (κ2) is 9.71. The number of amides is 2. The van der Waals surface area contributed by atoms with Crippen molar-refractivity contribution in [2.75, 3.05) is 13.3 Å². The minimum Gasteiger partial charge on any atom is -0.387 e. The van der Waals surface area contributed by atoms with E-state index in [1.807, 2.05) is 0 Å². The van der Waals surface area contributed by atoms with Gasteiger partial charge in [0.25, 0.3) is 7.52 Å². The zero-order valence-electron chi connectivity index (χ0n) is 15.9. The molecule has 0 aromatic carbocycles. The van der Waals surface area contributed by atoms with Crippen molar-refractivity contribution in [1.29, 1.82) is 0 Å². The van der Waals surface area contributed by atoms with E-state index < -0.39 is 43.9 Å². The Labute approximate surface area is 161 Å². The van der Waals surface area contributed by atoms with Gasteiger partial charge in [0.15, 0.2) is 11.9 Å². The molecule has 0 radical (unpaired) electrons. The standard InChI is InChI=1S/C14H25FN3O6P.CO2/c1-8(2)17-25(4,22)23-7-9-11(20)14(3,15)12(24-9)18-6-5-10(19)16-13(18)21;2-1-3/h5-6,8-12,19-20H,7H2,1-4H3,(H,16,21)(H,17,22);/t9-,10?,11-,12-,14-,25?;/m1./s1. The lowest BCUT2D eigenvalue weighted by Crippen LogP contribution is -2.56. The monoisotopic (exact) mass is 425 g/mol. The number of carbonyl (C=O) groups excluding carboxylic acids is 3. The van der Waals surface area contributed by atoms with E-state index >= 15 is 0 Å². The summed E-state index contributed by atoms with van der Waals surface area (Å²) in [7, 11) is -3.15. The maximum absolute atomic E-state index is 15.0. The number of halogens is 1. The second-order valence-electron chi connectivity index (χ2n) is 6.77. The van der Waals surface area contributed by atoms with Crippen LogP contribution in [0.25, 0.3) is 0 Å². The van der Waals surface area contributed by atoms with Crippen LogP contribution in [0.1, 0.15) is 20.8 Å². The molecule has 1 fully saturated rings. The molecule has 2 unspecified atom stereocenters. The van der Waals surface area contributed by atoms with Gasteiger partial charge in [-0.3, -0.25) is 9.46 Å². The van der Waals surface area contributed by atoms with Crippen molar-refractivity contribution in [3.63, 3.8) is 0 Å². The lowest BCUT2D eigenvalue weighted by Gasteiger charge is -2.34. The molecular weight excluding hydrogens is 400 g/mol. The Morgan fingerprint density at radius 3 is 2.57 bits per heavy atom. The van der Waals surface area contributed by atoms with Crippen LogP contribution in [-0.4, -0.2) is 76.9 Å². The second-order valence-corrected chi connectivity index (χ2v) is 8.98. The molecule has 160 valence electrons. The van der Waals surface area contributed by atoms with Crippen LogP contribution in [0.5, 0.6) is 0 Å². The number of aliphatic hydroxyl groups is 2. The first-order valence-electron chi connectivity index (χ1n) is 8.32. The largest absolute Gasteiger partial charge is 0.387 e. The molecule has 28 heavy (non-hydrogen) atoms. The molecule has 2 heterocycles. The predicted octanol–water partition coefficient (Wildman–Crippen LogP) is -0.0883. The van der Waals surface area contributed by atoms with E-state index in [1.165, 1.54) is 18.9 Å². The molecule has 0 saturated carbocycles. The number of alkyl halides is 1. The van der Waals surface area contributed by atoms with E-state index in [9.17, 15) is 24.0 Å². The van der Waals surface area contributed by atoms with Gasteiger partial charge in [-0.25, -0.2) is 14.3 Å². The average Bonchev–Trinajstić information content (AvgIpc) is 2.76. The first kappa shape index (κ1) is 24.4. The molecular formula is C15H25FN3O8P. The van der Waals surface area contributed by atoms with Crippen molar-refractivity contribution >= 4 is 19.7 Å². The molecule has 4 N–H and O–H groups in total. The molecule has 0 aromatic heterocycles. The van der Waals surface area contributed by atoms with Crippen LogP contribution in [0.15, 0.2) is 12.3 Å². The third kappa shape index (κ3) is 6.18. The Hall–Kier alpha value is -1.65. The summed E-state index contributed by atoms with van der Waals surface area (Å²) in [6, 6.07) is -0.849. The van der Waals surface area contributed by atoms with Crippen LogP contribution in [0.2, 0.25) is 0 Å². The Bertz CT molecular complexity index is 668. The third-order valence-corrected chi connectivity index (χ3v) is 5.51. The first-order valence-corrected chi connectivity index (χ1v) is 10.4. The van der Waals surface area contributed by atoms with Crippen molar-refractivity contribution in [2.45, 2.75) is 57.1 Å². The normalized spacial score (nSPS) is 34.3. The van der Waals surface area contributed by atoms with Gasteiger partial charge in [0, 0.05) is 18.9 Å². The van der Waals surface area contributed by atoms with Crippen LogP contribution in [0.4, 0.5) is 9.18 Å². The van der Waals surface area contributed by atoms with Gasteiger partial charge in [-0.05, 0) is 26.8 Å². The van der Waals surface area contributed by atoms with Crippen LogP contribution in [0, 0.1) is 0 Å². The fraction of sp³-hybridized carbons (Fsp3) is 0.733. The summed E-state index contributed by atoms with van der Waals surface area (Å²) in [6.07, 6.45) is -2.63. The van der Waals surface area contributed by atoms with E-state index in [-0.39, 0.29) is 18.8 Å². The minimum atomic E-state index is -3.15. The summed E-state index contributed by atoms with van der Waals surface area (Å²) in [6.45, 7) is 5.76. The number of urea groups is 1. The molecule has 6 atom stereocenters. The maximum atomic E-state index is 15.0. The molecule has 0 bridgehead atoms. The van der Waals surface area contributed by atoms with E-state index in [1.54, 1.807) is 13.8 Å². The highest BCUT2D eigenvalue weighted by molar-refractivity contribution is 7.56. The highest BCUT2D eigenvalue weighted by Crippen LogP contribution is 2.42. The van der Waals surface area contributed by atoms with Crippen LogP contribution >= 0.6 is 7.52 Å². The van der Waals surface area contributed by atoms with E-state index in [4.69, 9.17) is 18.8 Å². The predicted molar refractivity (Wildman–Crippen MR) is 92.5 cm³/mol. The van der Waals surface area contributed by atoms with Crippen molar-refractivity contribution in [3.05, 3.63) is 12.3 Å². The number of nitrogens with zero attached hydrogens (tertiary/aromatic N) is 1. The number of hydrogen-bond donors (Lipinski definition) is 4.